The van der Waals surface area contributed by atoms with Gasteiger partial charge in [0.2, 0.25) is 0 Å². The van der Waals surface area contributed by atoms with E-state index in [1.807, 2.05) is 6.07 Å². The van der Waals surface area contributed by atoms with Crippen molar-refractivity contribution in [1.82, 2.24) is 4.57 Å². The maximum atomic E-state index is 13.1. The number of aryl methyl sites for hydroxylation is 2. The molecule has 0 radical (unpaired) electrons. The summed E-state index contributed by atoms with van der Waals surface area (Å²) in [6.45, 7) is 1.65. The fraction of sp³-hybridized carbons (Fsp3) is 0.211. The predicted octanol–water partition coefficient (Wildman–Crippen LogP) is 6.22. The van der Waals surface area contributed by atoms with Gasteiger partial charge in [-0.3, -0.25) is 4.79 Å². The Labute approximate surface area is 158 Å². The van der Waals surface area contributed by atoms with Crippen LogP contribution in [0.4, 0.5) is 13.2 Å². The van der Waals surface area contributed by atoms with Crippen molar-refractivity contribution < 1.29 is 18.0 Å². The first-order valence-electron chi connectivity index (χ1n) is 7.71. The summed E-state index contributed by atoms with van der Waals surface area (Å²) in [6, 6.07) is 7.21. The van der Waals surface area contributed by atoms with E-state index in [0.717, 1.165) is 23.2 Å². The Balaban J connectivity index is 2.15. The van der Waals surface area contributed by atoms with Crippen LogP contribution in [0.1, 0.15) is 32.7 Å². The van der Waals surface area contributed by atoms with Crippen molar-refractivity contribution in [1.29, 1.82) is 0 Å². The molecule has 0 amide bonds. The smallest absolute Gasteiger partial charge is 0.347 e. The Morgan fingerprint density at radius 2 is 1.85 bits per heavy atom. The van der Waals surface area contributed by atoms with Crippen molar-refractivity contribution in [2.24, 2.45) is 7.05 Å². The molecule has 0 unspecified atom stereocenters. The Hall–Kier alpha value is -1.98. The third-order valence-electron chi connectivity index (χ3n) is 4.50. The molecule has 136 valence electrons. The van der Waals surface area contributed by atoms with E-state index in [1.165, 1.54) is 6.07 Å². The van der Waals surface area contributed by atoms with Crippen LogP contribution in [0, 0.1) is 6.92 Å². The lowest BCUT2D eigenvalue weighted by atomic mass is 10.0. The molecule has 0 fully saturated rings. The number of aldehydes is 1. The highest BCUT2D eigenvalue weighted by molar-refractivity contribution is 6.37. The monoisotopic (exact) mass is 399 g/mol. The van der Waals surface area contributed by atoms with E-state index in [1.54, 1.807) is 24.6 Å². The molecule has 0 atom stereocenters. The van der Waals surface area contributed by atoms with Crippen LogP contribution in [0.5, 0.6) is 0 Å². The second kappa shape index (κ2) is 6.63. The van der Waals surface area contributed by atoms with Crippen LogP contribution < -0.4 is 0 Å². The molecule has 26 heavy (non-hydrogen) atoms. The lowest BCUT2D eigenvalue weighted by Crippen LogP contribution is -2.06. The van der Waals surface area contributed by atoms with Crippen molar-refractivity contribution in [3.05, 3.63) is 68.3 Å². The van der Waals surface area contributed by atoms with Crippen LogP contribution in [0.15, 0.2) is 30.3 Å². The molecule has 3 rings (SSSR count). The summed E-state index contributed by atoms with van der Waals surface area (Å²) in [6.07, 6.45) is -3.47. The summed E-state index contributed by atoms with van der Waals surface area (Å²) >= 11 is 12.5. The minimum atomic E-state index is -4.41. The van der Waals surface area contributed by atoms with E-state index in [2.05, 4.69) is 0 Å². The molecule has 1 aromatic heterocycles. The van der Waals surface area contributed by atoms with Crippen LogP contribution in [-0.4, -0.2) is 10.9 Å². The summed E-state index contributed by atoms with van der Waals surface area (Å²) in [5, 5.41) is 1.39. The summed E-state index contributed by atoms with van der Waals surface area (Å²) in [5.74, 6) is 0. The fourth-order valence-corrected chi connectivity index (χ4v) is 3.60. The molecule has 2 aromatic carbocycles. The van der Waals surface area contributed by atoms with Gasteiger partial charge in [-0.2, -0.15) is 13.2 Å². The first-order valence-corrected chi connectivity index (χ1v) is 8.47. The number of carbonyl (C=O) groups excluding carboxylic acids is 1. The van der Waals surface area contributed by atoms with E-state index in [-0.39, 0.29) is 5.02 Å². The van der Waals surface area contributed by atoms with Crippen LogP contribution >= 0.6 is 23.2 Å². The zero-order valence-electron chi connectivity index (χ0n) is 13.9. The Bertz CT molecular complexity index is 1020. The van der Waals surface area contributed by atoms with Gasteiger partial charge < -0.3 is 4.57 Å². The molecule has 0 saturated carbocycles. The predicted molar refractivity (Wildman–Crippen MR) is 97.3 cm³/mol. The molecule has 0 aliphatic rings. The van der Waals surface area contributed by atoms with Gasteiger partial charge in [-0.1, -0.05) is 23.2 Å². The third-order valence-corrected chi connectivity index (χ3v) is 5.30. The van der Waals surface area contributed by atoms with Crippen molar-refractivity contribution in [2.45, 2.75) is 19.5 Å². The number of nitrogens with zero attached hydrogens (tertiary/aromatic N) is 1. The summed E-state index contributed by atoms with van der Waals surface area (Å²) < 4.78 is 41.0. The van der Waals surface area contributed by atoms with Crippen LogP contribution in [0.25, 0.3) is 10.9 Å². The van der Waals surface area contributed by atoms with Gasteiger partial charge in [-0.05, 0) is 48.4 Å². The maximum absolute atomic E-state index is 13.1. The van der Waals surface area contributed by atoms with Gasteiger partial charge in [0.25, 0.3) is 0 Å². The van der Waals surface area contributed by atoms with Crippen LogP contribution in [-0.2, 0) is 19.6 Å². The molecule has 0 spiro atoms. The third kappa shape index (κ3) is 3.21. The average molecular weight is 400 g/mol. The number of rotatable bonds is 3. The number of hydrogen-bond donors (Lipinski definition) is 0. The van der Waals surface area contributed by atoms with Gasteiger partial charge in [0, 0.05) is 40.7 Å². The Morgan fingerprint density at radius 1 is 1.15 bits per heavy atom. The van der Waals surface area contributed by atoms with E-state index in [4.69, 9.17) is 23.2 Å². The Kier molecular flexibility index (Phi) is 4.80. The van der Waals surface area contributed by atoms with Gasteiger partial charge in [0.05, 0.1) is 10.6 Å². The summed E-state index contributed by atoms with van der Waals surface area (Å²) in [4.78, 5) is 11.1. The largest absolute Gasteiger partial charge is 0.416 e. The summed E-state index contributed by atoms with van der Waals surface area (Å²) in [5.41, 5.74) is 1.96. The highest BCUT2D eigenvalue weighted by Crippen LogP contribution is 2.35. The van der Waals surface area contributed by atoms with Gasteiger partial charge in [-0.15, -0.1) is 0 Å². The highest BCUT2D eigenvalue weighted by Gasteiger charge is 2.31. The minimum absolute atomic E-state index is 0.255. The van der Waals surface area contributed by atoms with Crippen molar-refractivity contribution in [3.8, 4) is 0 Å². The molecule has 1 heterocycles. The van der Waals surface area contributed by atoms with Gasteiger partial charge in [0.15, 0.2) is 6.29 Å². The minimum Gasteiger partial charge on any atom is -0.347 e. The second-order valence-electron chi connectivity index (χ2n) is 6.14. The Morgan fingerprint density at radius 3 is 2.46 bits per heavy atom. The number of carbonyl (C=O) groups is 1. The normalized spacial score (nSPS) is 12.0. The van der Waals surface area contributed by atoms with E-state index in [0.29, 0.717) is 39.9 Å². The van der Waals surface area contributed by atoms with Crippen LogP contribution in [0.3, 0.4) is 0 Å². The topological polar surface area (TPSA) is 22.0 Å². The van der Waals surface area contributed by atoms with E-state index < -0.39 is 11.7 Å². The van der Waals surface area contributed by atoms with E-state index in [9.17, 15) is 18.0 Å². The van der Waals surface area contributed by atoms with Crippen molar-refractivity contribution in [3.63, 3.8) is 0 Å². The quantitative estimate of drug-likeness (QED) is 0.479. The molecule has 0 bridgehead atoms. The number of aromatic nitrogens is 1. The van der Waals surface area contributed by atoms with Crippen molar-refractivity contribution >= 4 is 40.4 Å². The lowest BCUT2D eigenvalue weighted by Gasteiger charge is -2.11. The number of halogens is 5. The lowest BCUT2D eigenvalue weighted by molar-refractivity contribution is -0.137. The standard InChI is InChI=1S/C19H14Cl2F3NO/c1-10-5-12(19(22,23)24)6-17-14(10)7-13(25(17)2)8-15-16(20)4-3-11(9-26)18(15)21/h3-7,9H,8H2,1-2H3. The summed E-state index contributed by atoms with van der Waals surface area (Å²) in [7, 11) is 1.70. The van der Waals surface area contributed by atoms with Gasteiger partial charge >= 0.3 is 6.18 Å². The van der Waals surface area contributed by atoms with Gasteiger partial charge in [0.1, 0.15) is 0 Å². The molecular formula is C19H14Cl2F3NO. The molecule has 7 heteroatoms. The van der Waals surface area contributed by atoms with Crippen LogP contribution in [0.2, 0.25) is 10.0 Å². The van der Waals surface area contributed by atoms with Gasteiger partial charge in [-0.25, -0.2) is 0 Å². The number of benzene rings is 2. The first-order chi connectivity index (χ1) is 12.1. The SMILES string of the molecule is Cc1cc(C(F)(F)F)cc2c1cc(Cc1c(Cl)ccc(C=O)c1Cl)n2C. The van der Waals surface area contributed by atoms with E-state index >= 15 is 0 Å². The molecular weight excluding hydrogens is 386 g/mol. The maximum Gasteiger partial charge on any atom is 0.416 e. The highest BCUT2D eigenvalue weighted by atomic mass is 35.5. The molecule has 0 saturated heterocycles. The molecule has 0 aliphatic heterocycles. The number of alkyl halides is 3. The molecule has 0 aliphatic carbocycles. The van der Waals surface area contributed by atoms with Crippen molar-refractivity contribution in [2.75, 3.05) is 0 Å². The first kappa shape index (κ1) is 18.8. The number of fused-ring (bicyclic) bond motifs is 1. The average Bonchev–Trinajstić information content (AvgIpc) is 2.88. The zero-order chi connectivity index (χ0) is 19.2. The second-order valence-corrected chi connectivity index (χ2v) is 6.93. The zero-order valence-corrected chi connectivity index (χ0v) is 15.4. The molecule has 3 aromatic rings. The molecule has 0 N–H and O–H groups in total. The fourth-order valence-electron chi connectivity index (χ4n) is 3.05. The molecule has 2 nitrogen and oxygen atoms in total. The number of hydrogen-bond acceptors (Lipinski definition) is 1.